The van der Waals surface area contributed by atoms with Crippen LogP contribution in [-0.2, 0) is 14.8 Å². The van der Waals surface area contributed by atoms with Gasteiger partial charge in [-0.2, -0.15) is 0 Å². The Labute approximate surface area is 181 Å². The minimum absolute atomic E-state index is 0.196. The lowest BCUT2D eigenvalue weighted by Crippen LogP contribution is -2.48. The minimum atomic E-state index is -3.75. The zero-order valence-corrected chi connectivity index (χ0v) is 18.8. The van der Waals surface area contributed by atoms with Gasteiger partial charge in [0.05, 0.1) is 37.7 Å². The summed E-state index contributed by atoms with van der Waals surface area (Å²) in [5.74, 6) is 1.19. The van der Waals surface area contributed by atoms with Crippen LogP contribution in [0.2, 0.25) is 5.02 Å². The van der Waals surface area contributed by atoms with Gasteiger partial charge in [0.25, 0.3) is 0 Å². The van der Waals surface area contributed by atoms with Crippen LogP contribution in [0.5, 0.6) is 17.2 Å². The molecule has 0 aliphatic carbocycles. The molecule has 0 spiro atoms. The SMILES string of the molecule is COc1cccc(OCCNC(=O)[C@H](C)N(c2ccc(OC)c(Cl)c2)S(C)(=O)=O)c1. The predicted molar refractivity (Wildman–Crippen MR) is 116 cm³/mol. The number of hydrogen-bond donors (Lipinski definition) is 1. The van der Waals surface area contributed by atoms with Crippen LogP contribution >= 0.6 is 11.6 Å². The summed E-state index contributed by atoms with van der Waals surface area (Å²) in [5, 5.41) is 2.92. The summed E-state index contributed by atoms with van der Waals surface area (Å²) in [7, 11) is -0.735. The maximum Gasteiger partial charge on any atom is 0.243 e. The highest BCUT2D eigenvalue weighted by Gasteiger charge is 2.29. The van der Waals surface area contributed by atoms with Gasteiger partial charge in [-0.1, -0.05) is 17.7 Å². The molecule has 1 amide bonds. The van der Waals surface area contributed by atoms with E-state index in [0.29, 0.717) is 17.2 Å². The summed E-state index contributed by atoms with van der Waals surface area (Å²) in [6.07, 6.45) is 1.03. The van der Waals surface area contributed by atoms with Gasteiger partial charge in [-0.05, 0) is 37.3 Å². The van der Waals surface area contributed by atoms with Crippen LogP contribution in [0, 0.1) is 0 Å². The maximum absolute atomic E-state index is 12.6. The van der Waals surface area contributed by atoms with Crippen molar-refractivity contribution in [1.82, 2.24) is 5.32 Å². The Hall–Kier alpha value is -2.65. The molecule has 0 saturated heterocycles. The van der Waals surface area contributed by atoms with Crippen molar-refractivity contribution in [2.75, 3.05) is 37.9 Å². The number of nitrogens with one attached hydrogen (secondary N) is 1. The molecule has 2 rings (SSSR count). The van der Waals surface area contributed by atoms with E-state index in [1.807, 2.05) is 0 Å². The van der Waals surface area contributed by atoms with Gasteiger partial charge in [-0.25, -0.2) is 8.42 Å². The van der Waals surface area contributed by atoms with E-state index in [0.717, 1.165) is 10.6 Å². The zero-order valence-electron chi connectivity index (χ0n) is 17.2. The molecule has 0 aliphatic heterocycles. The van der Waals surface area contributed by atoms with E-state index in [1.54, 1.807) is 37.4 Å². The molecule has 0 unspecified atom stereocenters. The van der Waals surface area contributed by atoms with Gasteiger partial charge in [0.1, 0.15) is 29.9 Å². The second kappa shape index (κ2) is 10.4. The molecule has 164 valence electrons. The van der Waals surface area contributed by atoms with Gasteiger partial charge in [-0.15, -0.1) is 0 Å². The van der Waals surface area contributed by atoms with Gasteiger partial charge in [0.2, 0.25) is 15.9 Å². The smallest absolute Gasteiger partial charge is 0.243 e. The number of methoxy groups -OCH3 is 2. The molecular weight excluding hydrogens is 432 g/mol. The summed E-state index contributed by atoms with van der Waals surface area (Å²) in [4.78, 5) is 12.6. The molecule has 0 radical (unpaired) electrons. The molecule has 0 saturated carbocycles. The molecule has 2 aromatic rings. The van der Waals surface area contributed by atoms with Crippen molar-refractivity contribution in [3.8, 4) is 17.2 Å². The number of sulfonamides is 1. The molecular formula is C20H25ClN2O6S. The van der Waals surface area contributed by atoms with Gasteiger partial charge in [0, 0.05) is 6.07 Å². The second-order valence-electron chi connectivity index (χ2n) is 6.37. The lowest BCUT2D eigenvalue weighted by atomic mass is 10.2. The van der Waals surface area contributed by atoms with Gasteiger partial charge >= 0.3 is 0 Å². The number of hydrogen-bond acceptors (Lipinski definition) is 6. The van der Waals surface area contributed by atoms with E-state index >= 15 is 0 Å². The third kappa shape index (κ3) is 6.17. The number of benzene rings is 2. The number of rotatable bonds is 10. The average Bonchev–Trinajstić information content (AvgIpc) is 2.70. The minimum Gasteiger partial charge on any atom is -0.497 e. The second-order valence-corrected chi connectivity index (χ2v) is 8.64. The Morgan fingerprint density at radius 3 is 2.43 bits per heavy atom. The summed E-state index contributed by atoms with van der Waals surface area (Å²) < 4.78 is 41.5. The Morgan fingerprint density at radius 1 is 1.13 bits per heavy atom. The lowest BCUT2D eigenvalue weighted by Gasteiger charge is -2.28. The van der Waals surface area contributed by atoms with Crippen LogP contribution in [-0.4, -0.2) is 54.0 Å². The number of amides is 1. The molecule has 1 N–H and O–H groups in total. The van der Waals surface area contributed by atoms with Crippen LogP contribution in [0.1, 0.15) is 6.92 Å². The topological polar surface area (TPSA) is 94.2 Å². The van der Waals surface area contributed by atoms with Crippen LogP contribution in [0.3, 0.4) is 0 Å². The maximum atomic E-state index is 12.6. The molecule has 0 fully saturated rings. The fourth-order valence-corrected chi connectivity index (χ4v) is 4.20. The monoisotopic (exact) mass is 456 g/mol. The first-order chi connectivity index (χ1) is 14.2. The quantitative estimate of drug-likeness (QED) is 0.552. The Balaban J connectivity index is 2.02. The van der Waals surface area contributed by atoms with Crippen molar-refractivity contribution < 1.29 is 27.4 Å². The molecule has 30 heavy (non-hydrogen) atoms. The number of carbonyl (C=O) groups excluding carboxylic acids is 1. The van der Waals surface area contributed by atoms with Crippen molar-refractivity contribution >= 4 is 33.2 Å². The average molecular weight is 457 g/mol. The van der Waals surface area contributed by atoms with Crippen LogP contribution in [0.4, 0.5) is 5.69 Å². The molecule has 10 heteroatoms. The first-order valence-corrected chi connectivity index (χ1v) is 11.3. The number of anilines is 1. The number of nitrogens with zero attached hydrogens (tertiary/aromatic N) is 1. The fourth-order valence-electron chi connectivity index (χ4n) is 2.78. The van der Waals surface area contributed by atoms with Crippen LogP contribution in [0.15, 0.2) is 42.5 Å². The molecule has 0 aromatic heterocycles. The molecule has 8 nitrogen and oxygen atoms in total. The van der Waals surface area contributed by atoms with Gasteiger partial charge in [0.15, 0.2) is 0 Å². The summed E-state index contributed by atoms with van der Waals surface area (Å²) >= 11 is 6.12. The van der Waals surface area contributed by atoms with Crippen molar-refractivity contribution in [3.63, 3.8) is 0 Å². The first-order valence-electron chi connectivity index (χ1n) is 9.05. The molecule has 0 bridgehead atoms. The first kappa shape index (κ1) is 23.6. The third-order valence-electron chi connectivity index (χ3n) is 4.19. The highest BCUT2D eigenvalue weighted by Crippen LogP contribution is 2.31. The van der Waals surface area contributed by atoms with E-state index in [4.69, 9.17) is 25.8 Å². The lowest BCUT2D eigenvalue weighted by molar-refractivity contribution is -0.121. The van der Waals surface area contributed by atoms with Crippen molar-refractivity contribution in [2.24, 2.45) is 0 Å². The number of ether oxygens (including phenoxy) is 3. The molecule has 2 aromatic carbocycles. The fraction of sp³-hybridized carbons (Fsp3) is 0.350. The summed E-state index contributed by atoms with van der Waals surface area (Å²) in [5.41, 5.74) is 0.263. The number of carbonyl (C=O) groups is 1. The predicted octanol–water partition coefficient (Wildman–Crippen LogP) is 2.71. The highest BCUT2D eigenvalue weighted by atomic mass is 35.5. The highest BCUT2D eigenvalue weighted by molar-refractivity contribution is 7.92. The Bertz CT molecular complexity index is 983. The van der Waals surface area contributed by atoms with Crippen molar-refractivity contribution in [1.29, 1.82) is 0 Å². The van der Waals surface area contributed by atoms with Gasteiger partial charge < -0.3 is 19.5 Å². The summed E-state index contributed by atoms with van der Waals surface area (Å²) in [6, 6.07) is 10.6. The number of halogens is 1. The Morgan fingerprint density at radius 2 is 1.83 bits per heavy atom. The molecule has 1 atom stereocenters. The van der Waals surface area contributed by atoms with E-state index in [1.165, 1.54) is 26.2 Å². The van der Waals surface area contributed by atoms with E-state index in [-0.39, 0.29) is 23.9 Å². The van der Waals surface area contributed by atoms with Gasteiger partial charge in [-0.3, -0.25) is 9.10 Å². The normalized spacial score (nSPS) is 12.0. The van der Waals surface area contributed by atoms with Crippen molar-refractivity contribution in [2.45, 2.75) is 13.0 Å². The zero-order chi connectivity index (χ0) is 22.3. The standard InChI is InChI=1S/C20H25ClN2O6S/c1-14(20(24)22-10-11-29-17-7-5-6-16(13-17)27-2)23(30(4,25)26)15-8-9-19(28-3)18(21)12-15/h5-9,12-14H,10-11H2,1-4H3,(H,22,24)/t14-/m0/s1. The van der Waals surface area contributed by atoms with E-state index < -0.39 is 22.0 Å². The van der Waals surface area contributed by atoms with Crippen molar-refractivity contribution in [3.05, 3.63) is 47.5 Å². The summed E-state index contributed by atoms with van der Waals surface area (Å²) in [6.45, 7) is 1.90. The van der Waals surface area contributed by atoms with Crippen LogP contribution < -0.4 is 23.8 Å². The molecule has 0 aliphatic rings. The van der Waals surface area contributed by atoms with E-state index in [9.17, 15) is 13.2 Å². The molecule has 0 heterocycles. The third-order valence-corrected chi connectivity index (χ3v) is 5.73. The largest absolute Gasteiger partial charge is 0.497 e. The van der Waals surface area contributed by atoms with E-state index in [2.05, 4.69) is 5.32 Å². The van der Waals surface area contributed by atoms with Crippen LogP contribution in [0.25, 0.3) is 0 Å². The Kier molecular flexibility index (Phi) is 8.19.